The van der Waals surface area contributed by atoms with E-state index < -0.39 is 0 Å². The molecule has 0 saturated carbocycles. The smallest absolute Gasteiger partial charge is 0.0719 e. The number of rotatable bonds is 2. The minimum atomic E-state index is 0.572. The highest BCUT2D eigenvalue weighted by molar-refractivity contribution is 5.37. The summed E-state index contributed by atoms with van der Waals surface area (Å²) in [5.74, 6) is 1.84. The van der Waals surface area contributed by atoms with Crippen molar-refractivity contribution in [1.82, 2.24) is 0 Å². The Hall–Kier alpha value is -0.820. The fourth-order valence-electron chi connectivity index (χ4n) is 2.39. The fraction of sp³-hybridized carbons (Fsp3) is 0.600. The molecule has 0 radical (unpaired) electrons. The first-order chi connectivity index (χ1) is 7.59. The van der Waals surface area contributed by atoms with Crippen LogP contribution in [0.1, 0.15) is 56.2 Å². The lowest BCUT2D eigenvalue weighted by Gasteiger charge is -2.29. The molecule has 16 heavy (non-hydrogen) atoms. The summed E-state index contributed by atoms with van der Waals surface area (Å²) >= 11 is 0. The lowest BCUT2D eigenvalue weighted by Crippen LogP contribution is -2.21. The molecule has 0 amide bonds. The van der Waals surface area contributed by atoms with E-state index in [9.17, 15) is 0 Å². The van der Waals surface area contributed by atoms with E-state index in [1.54, 1.807) is 0 Å². The molecule has 0 spiro atoms. The van der Waals surface area contributed by atoms with Crippen LogP contribution in [-0.2, 0) is 11.3 Å². The van der Waals surface area contributed by atoms with Crippen LogP contribution in [0.4, 0.5) is 0 Å². The zero-order valence-electron chi connectivity index (χ0n) is 10.8. The minimum absolute atomic E-state index is 0.572. The maximum Gasteiger partial charge on any atom is 0.0719 e. The second kappa shape index (κ2) is 4.58. The highest BCUT2D eigenvalue weighted by Gasteiger charge is 2.23. The van der Waals surface area contributed by atoms with Crippen molar-refractivity contribution in [1.29, 1.82) is 0 Å². The predicted molar refractivity (Wildman–Crippen MR) is 67.8 cm³/mol. The summed E-state index contributed by atoms with van der Waals surface area (Å²) in [5, 5.41) is 0. The van der Waals surface area contributed by atoms with Gasteiger partial charge in [-0.1, -0.05) is 45.9 Å². The maximum absolute atomic E-state index is 5.67. The van der Waals surface area contributed by atoms with Crippen LogP contribution in [0.5, 0.6) is 0 Å². The molecule has 0 aromatic heterocycles. The van der Waals surface area contributed by atoms with Gasteiger partial charge in [-0.3, -0.25) is 0 Å². The Bertz CT molecular complexity index is 366. The van der Waals surface area contributed by atoms with Gasteiger partial charge in [0.05, 0.1) is 13.2 Å². The SMILES string of the molecule is CC(C)c1ccc2c(c1)C(C(C)C)COC2. The van der Waals surface area contributed by atoms with E-state index in [-0.39, 0.29) is 0 Å². The van der Waals surface area contributed by atoms with Gasteiger partial charge in [-0.25, -0.2) is 0 Å². The molecule has 0 bridgehead atoms. The molecule has 1 unspecified atom stereocenters. The van der Waals surface area contributed by atoms with Gasteiger partial charge < -0.3 is 4.74 Å². The van der Waals surface area contributed by atoms with Crippen molar-refractivity contribution < 1.29 is 4.74 Å². The van der Waals surface area contributed by atoms with Crippen molar-refractivity contribution in [3.05, 3.63) is 34.9 Å². The second-order valence-corrected chi connectivity index (χ2v) is 5.48. The third kappa shape index (κ3) is 2.15. The van der Waals surface area contributed by atoms with Gasteiger partial charge in [0.25, 0.3) is 0 Å². The molecular weight excluding hydrogens is 196 g/mol. The topological polar surface area (TPSA) is 9.23 Å². The Morgan fingerprint density at radius 2 is 1.94 bits per heavy atom. The number of benzene rings is 1. The quantitative estimate of drug-likeness (QED) is 0.726. The van der Waals surface area contributed by atoms with E-state index in [4.69, 9.17) is 4.74 Å². The van der Waals surface area contributed by atoms with Gasteiger partial charge in [0.1, 0.15) is 0 Å². The monoisotopic (exact) mass is 218 g/mol. The van der Waals surface area contributed by atoms with Crippen molar-refractivity contribution in [3.8, 4) is 0 Å². The Morgan fingerprint density at radius 1 is 1.19 bits per heavy atom. The number of hydrogen-bond acceptors (Lipinski definition) is 1. The van der Waals surface area contributed by atoms with Crippen LogP contribution < -0.4 is 0 Å². The molecule has 0 saturated heterocycles. The fourth-order valence-corrected chi connectivity index (χ4v) is 2.39. The molecule has 1 heterocycles. The molecule has 1 aliphatic rings. The van der Waals surface area contributed by atoms with Crippen molar-refractivity contribution in [2.75, 3.05) is 6.61 Å². The number of fused-ring (bicyclic) bond motifs is 1. The average molecular weight is 218 g/mol. The van der Waals surface area contributed by atoms with E-state index in [1.807, 2.05) is 0 Å². The standard InChI is InChI=1S/C15H22O/c1-10(2)12-5-6-13-8-16-9-15(11(3)4)14(13)7-12/h5-7,10-11,15H,8-9H2,1-4H3. The van der Waals surface area contributed by atoms with Crippen molar-refractivity contribution >= 4 is 0 Å². The molecule has 0 N–H and O–H groups in total. The third-order valence-corrected chi connectivity index (χ3v) is 3.60. The molecule has 1 nitrogen and oxygen atoms in total. The molecule has 88 valence electrons. The van der Waals surface area contributed by atoms with Gasteiger partial charge in [0.2, 0.25) is 0 Å². The summed E-state index contributed by atoms with van der Waals surface area (Å²) in [6.45, 7) is 10.7. The predicted octanol–water partition coefficient (Wildman–Crippen LogP) is 4.08. The third-order valence-electron chi connectivity index (χ3n) is 3.60. The number of hydrogen-bond donors (Lipinski definition) is 0. The van der Waals surface area contributed by atoms with E-state index in [1.165, 1.54) is 16.7 Å². The summed E-state index contributed by atoms with van der Waals surface area (Å²) < 4.78 is 5.67. The first-order valence-electron chi connectivity index (χ1n) is 6.30. The Balaban J connectivity index is 2.40. The molecule has 2 rings (SSSR count). The Kier molecular flexibility index (Phi) is 3.34. The van der Waals surface area contributed by atoms with Crippen molar-refractivity contribution in [2.24, 2.45) is 5.92 Å². The number of ether oxygens (including phenoxy) is 1. The lowest BCUT2D eigenvalue weighted by atomic mass is 9.83. The summed E-state index contributed by atoms with van der Waals surface area (Å²) in [7, 11) is 0. The van der Waals surface area contributed by atoms with Gasteiger partial charge in [-0.05, 0) is 28.5 Å². The van der Waals surface area contributed by atoms with Crippen LogP contribution in [-0.4, -0.2) is 6.61 Å². The van der Waals surface area contributed by atoms with Gasteiger partial charge in [0.15, 0.2) is 0 Å². The van der Waals surface area contributed by atoms with Crippen molar-refractivity contribution in [3.63, 3.8) is 0 Å². The first kappa shape index (κ1) is 11.7. The molecule has 0 aliphatic carbocycles. The molecule has 1 aromatic rings. The largest absolute Gasteiger partial charge is 0.376 e. The van der Waals surface area contributed by atoms with E-state index in [0.29, 0.717) is 17.8 Å². The molecule has 1 aromatic carbocycles. The minimum Gasteiger partial charge on any atom is -0.376 e. The van der Waals surface area contributed by atoms with Crippen LogP contribution in [0.15, 0.2) is 18.2 Å². The van der Waals surface area contributed by atoms with Crippen molar-refractivity contribution in [2.45, 2.75) is 46.1 Å². The van der Waals surface area contributed by atoms with Crippen LogP contribution in [0.2, 0.25) is 0 Å². The van der Waals surface area contributed by atoms with Gasteiger partial charge in [-0.2, -0.15) is 0 Å². The van der Waals surface area contributed by atoms with Crippen LogP contribution in [0, 0.1) is 5.92 Å². The molecule has 1 atom stereocenters. The summed E-state index contributed by atoms with van der Waals surface area (Å²) in [6.07, 6.45) is 0. The first-order valence-corrected chi connectivity index (χ1v) is 6.30. The lowest BCUT2D eigenvalue weighted by molar-refractivity contribution is 0.0792. The zero-order chi connectivity index (χ0) is 11.7. The van der Waals surface area contributed by atoms with Gasteiger partial charge in [-0.15, -0.1) is 0 Å². The molecule has 1 heteroatoms. The maximum atomic E-state index is 5.67. The highest BCUT2D eigenvalue weighted by atomic mass is 16.5. The van der Waals surface area contributed by atoms with E-state index >= 15 is 0 Å². The molecule has 1 aliphatic heterocycles. The normalized spacial score (nSPS) is 20.2. The van der Waals surface area contributed by atoms with Crippen LogP contribution in [0.25, 0.3) is 0 Å². The second-order valence-electron chi connectivity index (χ2n) is 5.48. The molecule has 0 fully saturated rings. The summed E-state index contributed by atoms with van der Waals surface area (Å²) in [5.41, 5.74) is 4.35. The Morgan fingerprint density at radius 3 is 2.56 bits per heavy atom. The highest BCUT2D eigenvalue weighted by Crippen LogP contribution is 2.34. The molecular formula is C15H22O. The van der Waals surface area contributed by atoms with E-state index in [2.05, 4.69) is 45.9 Å². The van der Waals surface area contributed by atoms with E-state index in [0.717, 1.165) is 13.2 Å². The summed E-state index contributed by atoms with van der Waals surface area (Å²) in [4.78, 5) is 0. The van der Waals surface area contributed by atoms with Gasteiger partial charge >= 0.3 is 0 Å². The van der Waals surface area contributed by atoms with Crippen LogP contribution >= 0.6 is 0 Å². The average Bonchev–Trinajstić information content (AvgIpc) is 2.27. The van der Waals surface area contributed by atoms with Gasteiger partial charge in [0, 0.05) is 5.92 Å². The summed E-state index contributed by atoms with van der Waals surface area (Å²) in [6, 6.07) is 6.89. The zero-order valence-corrected chi connectivity index (χ0v) is 10.8. The Labute approximate surface area is 98.8 Å². The van der Waals surface area contributed by atoms with Crippen LogP contribution in [0.3, 0.4) is 0 Å².